The van der Waals surface area contributed by atoms with Gasteiger partial charge in [-0.05, 0) is 67.2 Å². The van der Waals surface area contributed by atoms with E-state index in [1.165, 1.54) is 6.08 Å². The van der Waals surface area contributed by atoms with E-state index in [0.29, 0.717) is 5.82 Å². The van der Waals surface area contributed by atoms with Gasteiger partial charge in [0.2, 0.25) is 5.91 Å². The van der Waals surface area contributed by atoms with Crippen molar-refractivity contribution in [3.63, 3.8) is 0 Å². The number of nitrogen functional groups attached to an aromatic ring is 1. The van der Waals surface area contributed by atoms with Crippen molar-refractivity contribution >= 4 is 17.2 Å². The number of benzene rings is 2. The second-order valence-corrected chi connectivity index (χ2v) is 9.18. The first-order chi connectivity index (χ1) is 16.6. The smallest absolute Gasteiger partial charge is 0.246 e. The van der Waals surface area contributed by atoms with E-state index in [9.17, 15) is 4.79 Å². The molecule has 7 heteroatoms. The fourth-order valence-corrected chi connectivity index (χ4v) is 5.00. The largest absolute Gasteiger partial charge is 0.457 e. The monoisotopic (exact) mass is 451 g/mol. The zero-order valence-corrected chi connectivity index (χ0v) is 18.7. The van der Waals surface area contributed by atoms with Crippen molar-refractivity contribution in [3.05, 3.63) is 85.5 Å². The Labute approximate surface area is 197 Å². The van der Waals surface area contributed by atoms with E-state index >= 15 is 0 Å². The minimum Gasteiger partial charge on any atom is -0.457 e. The lowest BCUT2D eigenvalue weighted by Gasteiger charge is -2.22. The maximum Gasteiger partial charge on any atom is 0.246 e. The van der Waals surface area contributed by atoms with Crippen molar-refractivity contribution in [2.45, 2.75) is 25.3 Å². The number of hydrogen-bond acceptors (Lipinski definition) is 5. The first-order valence-corrected chi connectivity index (χ1v) is 11.5. The van der Waals surface area contributed by atoms with Gasteiger partial charge < -0.3 is 15.4 Å². The summed E-state index contributed by atoms with van der Waals surface area (Å²) in [7, 11) is 0. The Morgan fingerprint density at radius 1 is 1.12 bits per heavy atom. The average molecular weight is 452 g/mol. The SMILES string of the molecule is C=CC(=O)N1CC2(CC2)C[C@H]1c1nc(-c2ccc(Oc3ccccc3)cc2)c2c(N)nccn12. The number of nitrogens with two attached hydrogens (primary N) is 1. The Balaban J connectivity index is 1.41. The minimum absolute atomic E-state index is 0.0588. The average Bonchev–Trinajstić information content (AvgIpc) is 3.34. The van der Waals surface area contributed by atoms with Crippen LogP contribution in [0.4, 0.5) is 5.82 Å². The highest BCUT2D eigenvalue weighted by Crippen LogP contribution is 2.58. The van der Waals surface area contributed by atoms with Crippen molar-refractivity contribution in [2.75, 3.05) is 12.3 Å². The van der Waals surface area contributed by atoms with Gasteiger partial charge in [0, 0.05) is 24.5 Å². The Hall–Kier alpha value is -4.13. The van der Waals surface area contributed by atoms with Crippen LogP contribution in [0.15, 0.2) is 79.6 Å². The van der Waals surface area contributed by atoms with Gasteiger partial charge in [-0.15, -0.1) is 0 Å². The van der Waals surface area contributed by atoms with Gasteiger partial charge in [0.1, 0.15) is 34.4 Å². The molecule has 0 bridgehead atoms. The lowest BCUT2D eigenvalue weighted by molar-refractivity contribution is -0.127. The molecular weight excluding hydrogens is 426 g/mol. The van der Waals surface area contributed by atoms with Gasteiger partial charge in [0.25, 0.3) is 0 Å². The molecule has 1 aliphatic carbocycles. The number of nitrogens with zero attached hydrogens (tertiary/aromatic N) is 4. The Morgan fingerprint density at radius 3 is 2.56 bits per heavy atom. The molecule has 1 atom stereocenters. The number of fused-ring (bicyclic) bond motifs is 1. The maximum atomic E-state index is 12.7. The summed E-state index contributed by atoms with van der Waals surface area (Å²) in [6, 6.07) is 17.3. The molecule has 1 saturated carbocycles. The summed E-state index contributed by atoms with van der Waals surface area (Å²) in [5, 5.41) is 0. The Bertz CT molecular complexity index is 1390. The summed E-state index contributed by atoms with van der Waals surface area (Å²) < 4.78 is 7.92. The molecule has 1 aliphatic heterocycles. The van der Waals surface area contributed by atoms with Crippen molar-refractivity contribution in [1.29, 1.82) is 0 Å². The fraction of sp³-hybridized carbons (Fsp3) is 0.222. The molecule has 2 fully saturated rings. The third-order valence-electron chi connectivity index (χ3n) is 6.94. The topological polar surface area (TPSA) is 85.8 Å². The van der Waals surface area contributed by atoms with E-state index < -0.39 is 0 Å². The second-order valence-electron chi connectivity index (χ2n) is 9.18. The van der Waals surface area contributed by atoms with E-state index in [1.54, 1.807) is 6.20 Å². The number of ether oxygens (including phenoxy) is 1. The predicted molar refractivity (Wildman–Crippen MR) is 130 cm³/mol. The van der Waals surface area contributed by atoms with Crippen LogP contribution < -0.4 is 10.5 Å². The van der Waals surface area contributed by atoms with E-state index in [1.807, 2.05) is 70.1 Å². The van der Waals surface area contributed by atoms with Crippen LogP contribution in [0.2, 0.25) is 0 Å². The lowest BCUT2D eigenvalue weighted by Crippen LogP contribution is -2.30. The number of imidazole rings is 1. The minimum atomic E-state index is -0.128. The van der Waals surface area contributed by atoms with Gasteiger partial charge in [0.15, 0.2) is 0 Å². The van der Waals surface area contributed by atoms with Gasteiger partial charge in [-0.1, -0.05) is 24.8 Å². The summed E-state index contributed by atoms with van der Waals surface area (Å²) in [6.45, 7) is 4.46. The molecule has 2 N–H and O–H groups in total. The highest BCUT2D eigenvalue weighted by Gasteiger charge is 2.54. The zero-order valence-electron chi connectivity index (χ0n) is 18.7. The number of aromatic nitrogens is 3. The molecule has 0 unspecified atom stereocenters. The molecule has 7 nitrogen and oxygen atoms in total. The third kappa shape index (κ3) is 3.41. The van der Waals surface area contributed by atoms with Crippen LogP contribution in [0.3, 0.4) is 0 Å². The van der Waals surface area contributed by atoms with E-state index in [0.717, 1.165) is 59.9 Å². The molecule has 1 spiro atoms. The van der Waals surface area contributed by atoms with Gasteiger partial charge in [0.05, 0.1) is 6.04 Å². The molecule has 2 aromatic carbocycles. The number of carbonyl (C=O) groups excluding carboxylic acids is 1. The van der Waals surface area contributed by atoms with Crippen LogP contribution in [0.25, 0.3) is 16.8 Å². The molecular formula is C27H25N5O2. The highest BCUT2D eigenvalue weighted by molar-refractivity contribution is 5.88. The summed E-state index contributed by atoms with van der Waals surface area (Å²) >= 11 is 0. The number of hydrogen-bond donors (Lipinski definition) is 1. The number of anilines is 1. The quantitative estimate of drug-likeness (QED) is 0.431. The number of para-hydroxylation sites is 1. The van der Waals surface area contributed by atoms with E-state index in [2.05, 4.69) is 11.6 Å². The van der Waals surface area contributed by atoms with Crippen LogP contribution >= 0.6 is 0 Å². The molecule has 3 heterocycles. The lowest BCUT2D eigenvalue weighted by atomic mass is 10.0. The Morgan fingerprint density at radius 2 is 1.85 bits per heavy atom. The first kappa shape index (κ1) is 20.5. The van der Waals surface area contributed by atoms with Gasteiger partial charge in [-0.3, -0.25) is 9.20 Å². The number of likely N-dealkylation sites (tertiary alicyclic amines) is 1. The maximum absolute atomic E-state index is 12.7. The molecule has 2 aromatic heterocycles. The molecule has 0 radical (unpaired) electrons. The van der Waals surface area contributed by atoms with E-state index in [-0.39, 0.29) is 17.4 Å². The van der Waals surface area contributed by atoms with Crippen molar-refractivity contribution in [1.82, 2.24) is 19.3 Å². The van der Waals surface area contributed by atoms with Gasteiger partial charge in [-0.25, -0.2) is 9.97 Å². The van der Waals surface area contributed by atoms with Gasteiger partial charge in [-0.2, -0.15) is 0 Å². The van der Waals surface area contributed by atoms with Crippen molar-refractivity contribution in [2.24, 2.45) is 5.41 Å². The first-order valence-electron chi connectivity index (χ1n) is 11.5. The molecule has 6 rings (SSSR count). The van der Waals surface area contributed by atoms with Crippen molar-refractivity contribution in [3.8, 4) is 22.8 Å². The molecule has 34 heavy (non-hydrogen) atoms. The normalized spacial score (nSPS) is 18.4. The number of carbonyl (C=O) groups is 1. The number of rotatable bonds is 5. The molecule has 170 valence electrons. The van der Waals surface area contributed by atoms with E-state index in [4.69, 9.17) is 15.5 Å². The van der Waals surface area contributed by atoms with Crippen LogP contribution in [0.5, 0.6) is 11.5 Å². The summed E-state index contributed by atoms with van der Waals surface area (Å²) in [5.41, 5.74) is 8.94. The molecule has 4 aromatic rings. The standard InChI is InChI=1S/C27H25N5O2/c1-2-22(33)32-17-27(12-13-27)16-21(32)26-30-23(24-25(28)29-14-15-31(24)26)18-8-10-20(11-9-18)34-19-6-4-3-5-7-19/h2-11,14-15,21H,1,12-13,16-17H2,(H2,28,29)/t21-/m0/s1. The van der Waals surface area contributed by atoms with Crippen LogP contribution in [-0.4, -0.2) is 31.7 Å². The van der Waals surface area contributed by atoms with Crippen molar-refractivity contribution < 1.29 is 9.53 Å². The van der Waals surface area contributed by atoms with Gasteiger partial charge >= 0.3 is 0 Å². The molecule has 2 aliphatic rings. The predicted octanol–water partition coefficient (Wildman–Crippen LogP) is 5.01. The van der Waals surface area contributed by atoms with Crippen LogP contribution in [0, 0.1) is 5.41 Å². The summed E-state index contributed by atoms with van der Waals surface area (Å²) in [4.78, 5) is 24.0. The summed E-state index contributed by atoms with van der Waals surface area (Å²) in [5.74, 6) is 2.67. The highest BCUT2D eigenvalue weighted by atomic mass is 16.5. The number of amides is 1. The Kier molecular flexibility index (Phi) is 4.65. The van der Waals surface area contributed by atoms with Crippen LogP contribution in [0.1, 0.15) is 31.1 Å². The zero-order chi connectivity index (χ0) is 23.3. The third-order valence-corrected chi connectivity index (χ3v) is 6.94. The molecule has 1 amide bonds. The fourth-order valence-electron chi connectivity index (χ4n) is 5.00. The molecule has 1 saturated heterocycles. The summed E-state index contributed by atoms with van der Waals surface area (Å²) in [6.07, 6.45) is 8.14. The second kappa shape index (κ2) is 7.73. The van der Waals surface area contributed by atoms with Crippen LogP contribution in [-0.2, 0) is 4.79 Å².